The first-order valence-electron chi connectivity index (χ1n) is 9.79. The van der Waals surface area contributed by atoms with Gasteiger partial charge in [-0.25, -0.2) is 4.39 Å². The predicted molar refractivity (Wildman–Crippen MR) is 103 cm³/mol. The Hall–Kier alpha value is -1.95. The lowest BCUT2D eigenvalue weighted by Gasteiger charge is -2.41. The molecule has 2 aliphatic rings. The smallest absolute Gasteiger partial charge is 0.123 e. The zero-order valence-corrected chi connectivity index (χ0v) is 15.6. The number of nitrogens with zero attached hydrogens (tertiary/aromatic N) is 2. The van der Waals surface area contributed by atoms with Crippen LogP contribution in [0.5, 0.6) is 5.75 Å². The number of rotatable bonds is 7. The van der Waals surface area contributed by atoms with Crippen molar-refractivity contribution in [3.8, 4) is 5.75 Å². The maximum Gasteiger partial charge on any atom is 0.123 e. The van der Waals surface area contributed by atoms with Crippen molar-refractivity contribution in [3.05, 3.63) is 65.5 Å². The monoisotopic (exact) mass is 370 g/mol. The van der Waals surface area contributed by atoms with Gasteiger partial charge < -0.3 is 9.47 Å². The van der Waals surface area contributed by atoms with Gasteiger partial charge in [-0.15, -0.1) is 0 Å². The number of morpholine rings is 1. The molecule has 0 amide bonds. The summed E-state index contributed by atoms with van der Waals surface area (Å²) in [6.45, 7) is 7.22. The van der Waals surface area contributed by atoms with Gasteiger partial charge in [0.05, 0.1) is 13.2 Å². The Morgan fingerprint density at radius 3 is 2.59 bits per heavy atom. The molecule has 1 unspecified atom stereocenters. The highest BCUT2D eigenvalue weighted by Gasteiger charge is 2.29. The molecule has 2 aliphatic heterocycles. The van der Waals surface area contributed by atoms with Crippen LogP contribution in [-0.4, -0.2) is 55.8 Å². The zero-order valence-electron chi connectivity index (χ0n) is 15.6. The van der Waals surface area contributed by atoms with Gasteiger partial charge in [0.25, 0.3) is 0 Å². The minimum Gasteiger partial charge on any atom is -0.492 e. The Bertz CT molecular complexity index is 731. The standard InChI is InChI=1S/C22H27FN2O2/c23-20-6-4-19(5-7-20)22-8-9-25(22)17-18-2-1-3-21(16-18)27-15-12-24-10-13-26-14-11-24/h1-7,16,22H,8-15,17H2. The molecule has 2 saturated heterocycles. The molecule has 2 fully saturated rings. The molecule has 27 heavy (non-hydrogen) atoms. The molecule has 144 valence electrons. The van der Waals surface area contributed by atoms with Crippen LogP contribution in [0.25, 0.3) is 0 Å². The van der Waals surface area contributed by atoms with E-state index in [1.807, 2.05) is 18.2 Å². The van der Waals surface area contributed by atoms with Crippen molar-refractivity contribution >= 4 is 0 Å². The molecule has 4 rings (SSSR count). The summed E-state index contributed by atoms with van der Waals surface area (Å²) in [6, 6.07) is 15.7. The Kier molecular flexibility index (Phi) is 6.02. The van der Waals surface area contributed by atoms with Crippen molar-refractivity contribution in [2.24, 2.45) is 0 Å². The highest BCUT2D eigenvalue weighted by Crippen LogP contribution is 2.34. The minimum absolute atomic E-state index is 0.174. The second-order valence-electron chi connectivity index (χ2n) is 7.28. The number of hydrogen-bond acceptors (Lipinski definition) is 4. The van der Waals surface area contributed by atoms with Crippen LogP contribution in [0, 0.1) is 5.82 Å². The van der Waals surface area contributed by atoms with Gasteiger partial charge in [-0.1, -0.05) is 24.3 Å². The van der Waals surface area contributed by atoms with Crippen LogP contribution in [-0.2, 0) is 11.3 Å². The van der Waals surface area contributed by atoms with E-state index in [1.54, 1.807) is 12.1 Å². The number of hydrogen-bond donors (Lipinski definition) is 0. The highest BCUT2D eigenvalue weighted by atomic mass is 19.1. The van der Waals surface area contributed by atoms with E-state index >= 15 is 0 Å². The molecule has 4 nitrogen and oxygen atoms in total. The number of halogens is 1. The fourth-order valence-corrected chi connectivity index (χ4v) is 3.78. The normalized spacial score (nSPS) is 21.0. The van der Waals surface area contributed by atoms with Gasteiger partial charge in [-0.2, -0.15) is 0 Å². The van der Waals surface area contributed by atoms with E-state index in [2.05, 4.69) is 28.0 Å². The summed E-state index contributed by atoms with van der Waals surface area (Å²) in [6.07, 6.45) is 1.13. The third-order valence-electron chi connectivity index (χ3n) is 5.45. The van der Waals surface area contributed by atoms with Gasteiger partial charge in [0.2, 0.25) is 0 Å². The fourth-order valence-electron chi connectivity index (χ4n) is 3.78. The third kappa shape index (κ3) is 4.86. The summed E-state index contributed by atoms with van der Waals surface area (Å²) < 4.78 is 24.5. The van der Waals surface area contributed by atoms with Gasteiger partial charge in [-0.05, 0) is 41.8 Å². The Labute approximate surface area is 160 Å². The lowest BCUT2D eigenvalue weighted by Crippen LogP contribution is -2.40. The molecule has 0 bridgehead atoms. The van der Waals surface area contributed by atoms with Crippen molar-refractivity contribution < 1.29 is 13.9 Å². The van der Waals surface area contributed by atoms with Crippen molar-refractivity contribution in [1.29, 1.82) is 0 Å². The van der Waals surface area contributed by atoms with E-state index < -0.39 is 0 Å². The van der Waals surface area contributed by atoms with Crippen LogP contribution in [0.15, 0.2) is 48.5 Å². The first-order valence-corrected chi connectivity index (χ1v) is 9.79. The van der Waals surface area contributed by atoms with Gasteiger partial charge in [0.15, 0.2) is 0 Å². The largest absolute Gasteiger partial charge is 0.492 e. The average Bonchev–Trinajstić information content (AvgIpc) is 2.68. The van der Waals surface area contributed by atoms with E-state index in [-0.39, 0.29) is 5.82 Å². The summed E-state index contributed by atoms with van der Waals surface area (Å²) in [5, 5.41) is 0. The number of ether oxygens (including phenoxy) is 2. The average molecular weight is 370 g/mol. The van der Waals surface area contributed by atoms with Gasteiger partial charge in [-0.3, -0.25) is 9.80 Å². The lowest BCUT2D eigenvalue weighted by molar-refractivity contribution is 0.0322. The molecule has 0 aromatic heterocycles. The zero-order chi connectivity index (χ0) is 18.5. The summed E-state index contributed by atoms with van der Waals surface area (Å²) in [5.74, 6) is 0.756. The molecule has 1 atom stereocenters. The van der Waals surface area contributed by atoms with Crippen molar-refractivity contribution in [1.82, 2.24) is 9.80 Å². The van der Waals surface area contributed by atoms with Crippen molar-refractivity contribution in [2.75, 3.05) is 46.0 Å². The first-order chi connectivity index (χ1) is 13.3. The Morgan fingerprint density at radius 2 is 1.85 bits per heavy atom. The quantitative estimate of drug-likeness (QED) is 0.745. The van der Waals surface area contributed by atoms with Crippen LogP contribution >= 0.6 is 0 Å². The Morgan fingerprint density at radius 1 is 1.04 bits per heavy atom. The highest BCUT2D eigenvalue weighted by molar-refractivity contribution is 5.29. The fraction of sp³-hybridized carbons (Fsp3) is 0.455. The second-order valence-corrected chi connectivity index (χ2v) is 7.28. The molecular weight excluding hydrogens is 343 g/mol. The maximum absolute atomic E-state index is 13.1. The predicted octanol–water partition coefficient (Wildman–Crippen LogP) is 3.48. The number of benzene rings is 2. The van der Waals surface area contributed by atoms with Crippen LogP contribution in [0.4, 0.5) is 4.39 Å². The summed E-state index contributed by atoms with van der Waals surface area (Å²) in [5.41, 5.74) is 2.45. The van der Waals surface area contributed by atoms with Crippen molar-refractivity contribution in [3.63, 3.8) is 0 Å². The van der Waals surface area contributed by atoms with Crippen LogP contribution in [0.3, 0.4) is 0 Å². The molecule has 0 aliphatic carbocycles. The summed E-state index contributed by atoms with van der Waals surface area (Å²) in [4.78, 5) is 4.81. The second kappa shape index (κ2) is 8.83. The summed E-state index contributed by atoms with van der Waals surface area (Å²) in [7, 11) is 0. The van der Waals surface area contributed by atoms with E-state index in [0.717, 1.165) is 58.1 Å². The minimum atomic E-state index is -0.174. The first kappa shape index (κ1) is 18.4. The third-order valence-corrected chi connectivity index (χ3v) is 5.45. The van der Waals surface area contributed by atoms with Gasteiger partial charge >= 0.3 is 0 Å². The molecule has 2 aromatic carbocycles. The van der Waals surface area contributed by atoms with Crippen LogP contribution in [0.2, 0.25) is 0 Å². The molecule has 0 spiro atoms. The van der Waals surface area contributed by atoms with Crippen LogP contribution < -0.4 is 4.74 Å². The SMILES string of the molecule is Fc1ccc(C2CCN2Cc2cccc(OCCN3CCOCC3)c2)cc1. The molecule has 0 saturated carbocycles. The molecule has 2 aromatic rings. The molecular formula is C22H27FN2O2. The van der Waals surface area contributed by atoms with Gasteiger partial charge in [0.1, 0.15) is 18.2 Å². The lowest BCUT2D eigenvalue weighted by atomic mass is 9.94. The number of likely N-dealkylation sites (tertiary alicyclic amines) is 1. The van der Waals surface area contributed by atoms with E-state index in [9.17, 15) is 4.39 Å². The molecule has 0 N–H and O–H groups in total. The summed E-state index contributed by atoms with van der Waals surface area (Å²) >= 11 is 0. The van der Waals surface area contributed by atoms with Gasteiger partial charge in [0, 0.05) is 38.8 Å². The Balaban J connectivity index is 1.29. The van der Waals surface area contributed by atoms with Crippen LogP contribution in [0.1, 0.15) is 23.6 Å². The van der Waals surface area contributed by atoms with E-state index in [1.165, 1.54) is 11.1 Å². The maximum atomic E-state index is 13.1. The molecule has 5 heteroatoms. The molecule has 0 radical (unpaired) electrons. The molecule has 2 heterocycles. The van der Waals surface area contributed by atoms with Crippen molar-refractivity contribution in [2.45, 2.75) is 19.0 Å². The van der Waals surface area contributed by atoms with E-state index in [4.69, 9.17) is 9.47 Å². The topological polar surface area (TPSA) is 24.9 Å². The van der Waals surface area contributed by atoms with E-state index in [0.29, 0.717) is 12.6 Å².